The molecule has 0 fully saturated rings. The van der Waals surface area contributed by atoms with E-state index in [0.29, 0.717) is 11.4 Å². The number of halogens is 1. The summed E-state index contributed by atoms with van der Waals surface area (Å²) in [5, 5.41) is 9.12. The van der Waals surface area contributed by atoms with E-state index >= 15 is 0 Å². The van der Waals surface area contributed by atoms with Gasteiger partial charge in [-0.25, -0.2) is 4.98 Å². The van der Waals surface area contributed by atoms with Gasteiger partial charge in [0.1, 0.15) is 5.82 Å². The molecule has 0 spiro atoms. The van der Waals surface area contributed by atoms with Gasteiger partial charge in [-0.05, 0) is 23.8 Å². The number of nitrogens with two attached hydrogens (primary N) is 1. The first-order chi connectivity index (χ1) is 7.70. The fraction of sp³-hybridized carbons (Fsp3) is 0.0833. The van der Waals surface area contributed by atoms with Crippen LogP contribution in [-0.4, -0.2) is 10.1 Å². The number of aromatic nitrogens is 1. The monoisotopic (exact) mass is 278 g/mol. The lowest BCUT2D eigenvalue weighted by molar-refractivity contribution is 0.282. The molecule has 3 N–H and O–H groups in total. The third-order valence-electron chi connectivity index (χ3n) is 2.33. The predicted molar refractivity (Wildman–Crippen MR) is 67.7 cm³/mol. The van der Waals surface area contributed by atoms with E-state index in [1.807, 2.05) is 30.3 Å². The fourth-order valence-corrected chi connectivity index (χ4v) is 1.87. The number of nitrogens with zero attached hydrogens (tertiary/aromatic N) is 1. The maximum Gasteiger partial charge on any atom is 0.128 e. The topological polar surface area (TPSA) is 59.1 Å². The quantitative estimate of drug-likeness (QED) is 0.888. The zero-order chi connectivity index (χ0) is 11.5. The Labute approximate surface area is 102 Å². The summed E-state index contributed by atoms with van der Waals surface area (Å²) >= 11 is 3.41. The Morgan fingerprint density at radius 3 is 2.75 bits per heavy atom. The first kappa shape index (κ1) is 11.1. The fourth-order valence-electron chi connectivity index (χ4n) is 1.47. The largest absolute Gasteiger partial charge is 0.392 e. The zero-order valence-electron chi connectivity index (χ0n) is 8.52. The van der Waals surface area contributed by atoms with Crippen molar-refractivity contribution in [3.8, 4) is 11.1 Å². The molecule has 1 aromatic carbocycles. The van der Waals surface area contributed by atoms with Crippen LogP contribution in [0.4, 0.5) is 5.82 Å². The molecule has 82 valence electrons. The molecule has 0 aliphatic heterocycles. The van der Waals surface area contributed by atoms with Gasteiger partial charge in [0, 0.05) is 21.8 Å². The van der Waals surface area contributed by atoms with Crippen molar-refractivity contribution in [3.05, 3.63) is 46.6 Å². The Kier molecular flexibility index (Phi) is 3.22. The number of hydrogen-bond donors (Lipinski definition) is 2. The van der Waals surface area contributed by atoms with Gasteiger partial charge < -0.3 is 10.8 Å². The van der Waals surface area contributed by atoms with Crippen LogP contribution < -0.4 is 5.73 Å². The van der Waals surface area contributed by atoms with Crippen molar-refractivity contribution in [1.82, 2.24) is 4.98 Å². The van der Waals surface area contributed by atoms with Crippen LogP contribution in [0, 0.1) is 0 Å². The van der Waals surface area contributed by atoms with Crippen molar-refractivity contribution >= 4 is 21.7 Å². The summed E-state index contributed by atoms with van der Waals surface area (Å²) in [6, 6.07) is 9.74. The number of nitrogen functional groups attached to an aromatic ring is 1. The van der Waals surface area contributed by atoms with Crippen molar-refractivity contribution in [3.63, 3.8) is 0 Å². The van der Waals surface area contributed by atoms with Crippen molar-refractivity contribution in [2.24, 2.45) is 0 Å². The molecule has 16 heavy (non-hydrogen) atoms. The van der Waals surface area contributed by atoms with Gasteiger partial charge >= 0.3 is 0 Å². The van der Waals surface area contributed by atoms with E-state index in [1.165, 1.54) is 0 Å². The number of hydrogen-bond acceptors (Lipinski definition) is 3. The Morgan fingerprint density at radius 1 is 1.25 bits per heavy atom. The van der Waals surface area contributed by atoms with Crippen LogP contribution in [0.5, 0.6) is 0 Å². The molecule has 0 unspecified atom stereocenters. The second-order valence-electron chi connectivity index (χ2n) is 3.44. The van der Waals surface area contributed by atoms with Crippen LogP contribution in [0.3, 0.4) is 0 Å². The van der Waals surface area contributed by atoms with Crippen LogP contribution in [0.25, 0.3) is 11.1 Å². The summed E-state index contributed by atoms with van der Waals surface area (Å²) < 4.78 is 1.01. The zero-order valence-corrected chi connectivity index (χ0v) is 10.1. The van der Waals surface area contributed by atoms with Crippen molar-refractivity contribution in [2.45, 2.75) is 6.61 Å². The lowest BCUT2D eigenvalue weighted by atomic mass is 10.1. The Morgan fingerprint density at radius 2 is 2.06 bits per heavy atom. The van der Waals surface area contributed by atoms with Crippen LogP contribution in [0.15, 0.2) is 41.0 Å². The molecule has 0 radical (unpaired) electrons. The average molecular weight is 279 g/mol. The highest BCUT2D eigenvalue weighted by molar-refractivity contribution is 9.10. The second kappa shape index (κ2) is 4.63. The summed E-state index contributed by atoms with van der Waals surface area (Å²) in [5.74, 6) is 0.376. The van der Waals surface area contributed by atoms with Gasteiger partial charge in [0.2, 0.25) is 0 Å². The molecule has 1 heterocycles. The van der Waals surface area contributed by atoms with Gasteiger partial charge in [-0.1, -0.05) is 28.1 Å². The van der Waals surface area contributed by atoms with Crippen molar-refractivity contribution in [1.29, 1.82) is 0 Å². The first-order valence-corrected chi connectivity index (χ1v) is 5.61. The van der Waals surface area contributed by atoms with Crippen LogP contribution in [0.1, 0.15) is 5.56 Å². The third kappa shape index (κ3) is 2.23. The normalized spacial score (nSPS) is 10.4. The summed E-state index contributed by atoms with van der Waals surface area (Å²) in [6.45, 7) is -0.0966. The summed E-state index contributed by atoms with van der Waals surface area (Å²) in [5.41, 5.74) is 8.26. The Bertz CT molecular complexity index is 514. The van der Waals surface area contributed by atoms with Gasteiger partial charge in [-0.15, -0.1) is 0 Å². The highest BCUT2D eigenvalue weighted by Gasteiger charge is 2.03. The van der Waals surface area contributed by atoms with Gasteiger partial charge in [-0.2, -0.15) is 0 Å². The molecule has 0 bridgehead atoms. The average Bonchev–Trinajstić information content (AvgIpc) is 2.29. The molecule has 1 aromatic heterocycles. The van der Waals surface area contributed by atoms with Crippen molar-refractivity contribution < 1.29 is 5.11 Å². The number of pyridine rings is 1. The number of aliphatic hydroxyl groups is 1. The van der Waals surface area contributed by atoms with E-state index in [4.69, 9.17) is 10.8 Å². The molecule has 2 aromatic rings. The van der Waals surface area contributed by atoms with Gasteiger partial charge in [0.05, 0.1) is 6.61 Å². The third-order valence-corrected chi connectivity index (χ3v) is 2.82. The van der Waals surface area contributed by atoms with Crippen molar-refractivity contribution in [2.75, 3.05) is 5.73 Å². The van der Waals surface area contributed by atoms with Gasteiger partial charge in [-0.3, -0.25) is 0 Å². The van der Waals surface area contributed by atoms with E-state index in [0.717, 1.165) is 15.6 Å². The predicted octanol–water partition coefficient (Wildman–Crippen LogP) is 2.59. The lowest BCUT2D eigenvalue weighted by Gasteiger charge is -2.06. The molecule has 4 heteroatoms. The van der Waals surface area contributed by atoms with E-state index < -0.39 is 0 Å². The SMILES string of the molecule is Nc1ncc(-c2cccc(Br)c2)cc1CO. The maximum atomic E-state index is 9.12. The van der Waals surface area contributed by atoms with E-state index in [2.05, 4.69) is 20.9 Å². The Balaban J connectivity index is 2.48. The molecule has 0 amide bonds. The highest BCUT2D eigenvalue weighted by atomic mass is 79.9. The van der Waals surface area contributed by atoms with Crippen LogP contribution in [-0.2, 0) is 6.61 Å². The summed E-state index contributed by atoms with van der Waals surface area (Å²) in [7, 11) is 0. The van der Waals surface area contributed by atoms with Gasteiger partial charge in [0.25, 0.3) is 0 Å². The Hall–Kier alpha value is -1.39. The molecule has 0 saturated carbocycles. The molecular formula is C12H11BrN2O. The number of rotatable bonds is 2. The standard InChI is InChI=1S/C12H11BrN2O/c13-11-3-1-2-8(5-11)9-4-10(7-16)12(14)15-6-9/h1-6,16H,7H2,(H2,14,15). The van der Waals surface area contributed by atoms with E-state index in [9.17, 15) is 0 Å². The molecule has 2 rings (SSSR count). The van der Waals surface area contributed by atoms with Crippen LogP contribution >= 0.6 is 15.9 Å². The minimum absolute atomic E-state index is 0.0966. The molecular weight excluding hydrogens is 268 g/mol. The molecule has 0 atom stereocenters. The second-order valence-corrected chi connectivity index (χ2v) is 4.35. The lowest BCUT2D eigenvalue weighted by Crippen LogP contribution is -1.97. The van der Waals surface area contributed by atoms with E-state index in [1.54, 1.807) is 6.20 Å². The van der Waals surface area contributed by atoms with Crippen LogP contribution in [0.2, 0.25) is 0 Å². The molecule has 0 aliphatic carbocycles. The highest BCUT2D eigenvalue weighted by Crippen LogP contribution is 2.24. The summed E-state index contributed by atoms with van der Waals surface area (Å²) in [6.07, 6.45) is 1.70. The number of benzene rings is 1. The van der Waals surface area contributed by atoms with E-state index in [-0.39, 0.29) is 6.61 Å². The number of aliphatic hydroxyl groups excluding tert-OH is 1. The summed E-state index contributed by atoms with van der Waals surface area (Å²) in [4.78, 5) is 4.06. The molecule has 0 saturated heterocycles. The smallest absolute Gasteiger partial charge is 0.128 e. The minimum Gasteiger partial charge on any atom is -0.392 e. The first-order valence-electron chi connectivity index (χ1n) is 4.82. The minimum atomic E-state index is -0.0966. The molecule has 3 nitrogen and oxygen atoms in total. The maximum absolute atomic E-state index is 9.12. The number of anilines is 1. The van der Waals surface area contributed by atoms with Gasteiger partial charge in [0.15, 0.2) is 0 Å². The molecule has 0 aliphatic rings.